The number of nitrogens with zero attached hydrogens (tertiary/aromatic N) is 6. The number of hydrogen-bond acceptors (Lipinski definition) is 7. The highest BCUT2D eigenvalue weighted by Gasteiger charge is 2.26. The Hall–Kier alpha value is -4.57. The minimum atomic E-state index is -0.643. The van der Waals surface area contributed by atoms with Crippen LogP contribution in [0.5, 0.6) is 0 Å². The maximum Gasteiger partial charge on any atom is 0.410 e. The fourth-order valence-electron chi connectivity index (χ4n) is 4.88. The number of aromatic nitrogens is 4. The van der Waals surface area contributed by atoms with E-state index in [1.807, 2.05) is 51.2 Å². The summed E-state index contributed by atoms with van der Waals surface area (Å²) in [5, 5.41) is 4.19. The van der Waals surface area contributed by atoms with Gasteiger partial charge in [0, 0.05) is 44.5 Å². The number of hydrogen-bond donors (Lipinski definition) is 1. The van der Waals surface area contributed by atoms with Crippen molar-refractivity contribution in [3.8, 4) is 16.8 Å². The summed E-state index contributed by atoms with van der Waals surface area (Å²) in [6.45, 7) is 11.1. The van der Waals surface area contributed by atoms with Gasteiger partial charge in [-0.1, -0.05) is 42.5 Å². The highest BCUT2D eigenvalue weighted by atomic mass is 16.6. The second-order valence-corrected chi connectivity index (χ2v) is 11.6. The molecule has 218 valence electrons. The Kier molecular flexibility index (Phi) is 8.35. The first-order valence-corrected chi connectivity index (χ1v) is 14.1. The first-order valence-electron chi connectivity index (χ1n) is 14.1. The predicted octanol–water partition coefficient (Wildman–Crippen LogP) is 4.38. The van der Waals surface area contributed by atoms with Gasteiger partial charge in [-0.3, -0.25) is 14.7 Å². The molecule has 5 rings (SSSR count). The van der Waals surface area contributed by atoms with Gasteiger partial charge in [0.05, 0.1) is 11.4 Å². The predicted molar refractivity (Wildman–Crippen MR) is 160 cm³/mol. The molecule has 1 aliphatic rings. The van der Waals surface area contributed by atoms with Gasteiger partial charge in [0.2, 0.25) is 5.82 Å². The van der Waals surface area contributed by atoms with Gasteiger partial charge < -0.3 is 15.4 Å². The molecule has 2 aromatic carbocycles. The molecule has 0 bridgehead atoms. The molecular weight excluding hydrogens is 530 g/mol. The smallest absolute Gasteiger partial charge is 0.410 e. The molecule has 0 unspecified atom stereocenters. The maximum atomic E-state index is 12.3. The lowest BCUT2D eigenvalue weighted by Gasteiger charge is -2.35. The maximum absolute atomic E-state index is 12.3. The Morgan fingerprint density at radius 1 is 0.881 bits per heavy atom. The Balaban J connectivity index is 1.13. The van der Waals surface area contributed by atoms with E-state index in [0.29, 0.717) is 18.9 Å². The number of rotatable bonds is 7. The molecule has 0 aliphatic carbocycles. The van der Waals surface area contributed by atoms with E-state index in [-0.39, 0.29) is 11.9 Å². The number of primary amides is 1. The monoisotopic (exact) mass is 567 g/mol. The molecule has 2 aromatic heterocycles. The van der Waals surface area contributed by atoms with Gasteiger partial charge in [0.1, 0.15) is 11.4 Å². The molecule has 3 heterocycles. The summed E-state index contributed by atoms with van der Waals surface area (Å²) in [5.74, 6) is -0.0276. The zero-order chi connectivity index (χ0) is 29.9. The molecule has 0 atom stereocenters. The van der Waals surface area contributed by atoms with Crippen LogP contribution in [0.4, 0.5) is 4.79 Å². The number of pyridine rings is 1. The molecule has 1 fully saturated rings. The van der Waals surface area contributed by atoms with Crippen molar-refractivity contribution in [3.05, 3.63) is 95.3 Å². The molecule has 0 saturated carbocycles. The SMILES string of the molecule is Cc1nc(C(N)=O)nn1-c1ccc(Cc2ccc(-c3ccc(CN4CCN(C(=O)OC(C)(C)C)CC4)nc3)cc2)cc1. The highest BCUT2D eigenvalue weighted by molar-refractivity contribution is 5.88. The van der Waals surface area contributed by atoms with E-state index >= 15 is 0 Å². The number of nitrogens with two attached hydrogens (primary N) is 1. The molecule has 1 saturated heterocycles. The quantitative estimate of drug-likeness (QED) is 0.352. The average molecular weight is 568 g/mol. The van der Waals surface area contributed by atoms with E-state index in [1.165, 1.54) is 5.56 Å². The van der Waals surface area contributed by atoms with E-state index in [0.717, 1.165) is 54.1 Å². The number of carbonyl (C=O) groups excluding carboxylic acids is 2. The third-order valence-corrected chi connectivity index (χ3v) is 7.10. The van der Waals surface area contributed by atoms with Crippen LogP contribution in [-0.2, 0) is 17.7 Å². The van der Waals surface area contributed by atoms with Crippen molar-refractivity contribution in [3.63, 3.8) is 0 Å². The summed E-state index contributed by atoms with van der Waals surface area (Å²) in [6, 6.07) is 20.7. The zero-order valence-electron chi connectivity index (χ0n) is 24.6. The van der Waals surface area contributed by atoms with Crippen molar-refractivity contribution < 1.29 is 14.3 Å². The van der Waals surface area contributed by atoms with Gasteiger partial charge in [0.15, 0.2) is 0 Å². The first-order chi connectivity index (χ1) is 20.0. The molecule has 10 nitrogen and oxygen atoms in total. The molecule has 1 aliphatic heterocycles. The fourth-order valence-corrected chi connectivity index (χ4v) is 4.88. The first kappa shape index (κ1) is 28.9. The fraction of sp³-hybridized carbons (Fsp3) is 0.344. The number of aryl methyl sites for hydroxylation is 1. The third kappa shape index (κ3) is 7.19. The Morgan fingerprint density at radius 3 is 2.05 bits per heavy atom. The van der Waals surface area contributed by atoms with Crippen molar-refractivity contribution in [2.45, 2.75) is 46.3 Å². The summed E-state index contributed by atoms with van der Waals surface area (Å²) >= 11 is 0. The lowest BCUT2D eigenvalue weighted by atomic mass is 10.0. The van der Waals surface area contributed by atoms with Gasteiger partial charge in [0.25, 0.3) is 5.91 Å². The number of carbonyl (C=O) groups is 2. The second kappa shape index (κ2) is 12.1. The number of amides is 2. The Morgan fingerprint density at radius 2 is 1.50 bits per heavy atom. The van der Waals surface area contributed by atoms with Crippen molar-refractivity contribution in [1.82, 2.24) is 29.5 Å². The summed E-state index contributed by atoms with van der Waals surface area (Å²) in [5.41, 5.74) is 11.2. The Bertz CT molecular complexity index is 1530. The summed E-state index contributed by atoms with van der Waals surface area (Å²) < 4.78 is 7.11. The van der Waals surface area contributed by atoms with Gasteiger partial charge in [-0.25, -0.2) is 14.5 Å². The standard InChI is InChI=1S/C32H37N7O3/c1-22-35-30(29(33)40)36-39(22)28-13-7-24(8-14-28)19-23-5-9-25(10-6-23)26-11-12-27(34-20-26)21-37-15-17-38(18-16-37)31(41)42-32(2,3)4/h5-14,20H,15-19,21H2,1-4H3,(H2,33,40). The van der Waals surface area contributed by atoms with Crippen LogP contribution in [0, 0.1) is 6.92 Å². The van der Waals surface area contributed by atoms with E-state index in [2.05, 4.69) is 51.4 Å². The van der Waals surface area contributed by atoms with Gasteiger partial charge in [-0.15, -0.1) is 5.10 Å². The number of piperazine rings is 1. The molecule has 2 N–H and O–H groups in total. The zero-order valence-corrected chi connectivity index (χ0v) is 24.6. The minimum absolute atomic E-state index is 0.0108. The largest absolute Gasteiger partial charge is 0.444 e. The number of benzene rings is 2. The summed E-state index contributed by atoms with van der Waals surface area (Å²) in [4.78, 5) is 36.6. The number of ether oxygens (including phenoxy) is 1. The molecule has 0 spiro atoms. The van der Waals surface area contributed by atoms with Crippen LogP contribution in [0.2, 0.25) is 0 Å². The third-order valence-electron chi connectivity index (χ3n) is 7.10. The Labute approximate surface area is 246 Å². The van der Waals surface area contributed by atoms with Crippen molar-refractivity contribution >= 4 is 12.0 Å². The molecule has 0 radical (unpaired) electrons. The molecule has 42 heavy (non-hydrogen) atoms. The molecule has 4 aromatic rings. The van der Waals surface area contributed by atoms with Crippen LogP contribution in [0.1, 0.15) is 54.0 Å². The van der Waals surface area contributed by atoms with Crippen LogP contribution in [0.3, 0.4) is 0 Å². The van der Waals surface area contributed by atoms with E-state index in [9.17, 15) is 9.59 Å². The van der Waals surface area contributed by atoms with Crippen LogP contribution in [0.15, 0.2) is 66.9 Å². The second-order valence-electron chi connectivity index (χ2n) is 11.6. The van der Waals surface area contributed by atoms with Crippen LogP contribution in [0.25, 0.3) is 16.8 Å². The van der Waals surface area contributed by atoms with Gasteiger partial charge >= 0.3 is 6.09 Å². The molecule has 10 heteroatoms. The lowest BCUT2D eigenvalue weighted by Crippen LogP contribution is -2.49. The van der Waals surface area contributed by atoms with Crippen molar-refractivity contribution in [2.24, 2.45) is 5.73 Å². The normalized spacial score (nSPS) is 14.1. The topological polar surface area (TPSA) is 119 Å². The van der Waals surface area contributed by atoms with Crippen molar-refractivity contribution in [1.29, 1.82) is 0 Å². The molecule has 2 amide bonds. The van der Waals surface area contributed by atoms with Crippen LogP contribution < -0.4 is 5.73 Å². The van der Waals surface area contributed by atoms with E-state index in [1.54, 1.807) is 16.5 Å². The van der Waals surface area contributed by atoms with Crippen molar-refractivity contribution in [2.75, 3.05) is 26.2 Å². The minimum Gasteiger partial charge on any atom is -0.444 e. The van der Waals surface area contributed by atoms with Gasteiger partial charge in [-0.2, -0.15) is 0 Å². The lowest BCUT2D eigenvalue weighted by molar-refractivity contribution is 0.0138. The van der Waals surface area contributed by atoms with Crippen LogP contribution >= 0.6 is 0 Å². The van der Waals surface area contributed by atoms with E-state index < -0.39 is 11.5 Å². The average Bonchev–Trinajstić information content (AvgIpc) is 3.36. The molecular formula is C32H37N7O3. The van der Waals surface area contributed by atoms with E-state index in [4.69, 9.17) is 15.5 Å². The highest BCUT2D eigenvalue weighted by Crippen LogP contribution is 2.22. The summed E-state index contributed by atoms with van der Waals surface area (Å²) in [7, 11) is 0. The van der Waals surface area contributed by atoms with Crippen LogP contribution in [-0.4, -0.2) is 73.3 Å². The van der Waals surface area contributed by atoms with Gasteiger partial charge in [-0.05, 0) is 69.0 Å². The summed E-state index contributed by atoms with van der Waals surface area (Å²) in [6.07, 6.45) is 2.48.